The molecule has 0 radical (unpaired) electrons. The molecular weight excluding hydrogens is 306 g/mol. The van der Waals surface area contributed by atoms with E-state index in [2.05, 4.69) is 26.0 Å². The fourth-order valence-electron chi connectivity index (χ4n) is 3.22. The highest BCUT2D eigenvalue weighted by atomic mass is 32.2. The Bertz CT molecular complexity index is 823. The number of hydrogen-bond acceptors (Lipinski definition) is 2. The number of hydrogen-bond donors (Lipinski definition) is 0. The van der Waals surface area contributed by atoms with Gasteiger partial charge in [0.1, 0.15) is 0 Å². The second-order valence-corrected chi connectivity index (χ2v) is 8.26. The van der Waals surface area contributed by atoms with Gasteiger partial charge in [-0.25, -0.2) is 8.42 Å². The number of aryl methyl sites for hydroxylation is 2. The second kappa shape index (κ2) is 6.10. The lowest BCUT2D eigenvalue weighted by Crippen LogP contribution is -2.25. The highest BCUT2D eigenvalue weighted by Gasteiger charge is 2.31. The van der Waals surface area contributed by atoms with E-state index in [0.717, 1.165) is 24.0 Å². The Balaban J connectivity index is 1.92. The van der Waals surface area contributed by atoms with E-state index >= 15 is 0 Å². The summed E-state index contributed by atoms with van der Waals surface area (Å²) in [6.45, 7) is 7.20. The molecule has 2 aromatic rings. The van der Waals surface area contributed by atoms with Gasteiger partial charge in [0.2, 0.25) is 10.0 Å². The first-order valence-corrected chi connectivity index (χ1v) is 9.54. The van der Waals surface area contributed by atoms with Gasteiger partial charge >= 0.3 is 0 Å². The molecular formula is C19H23NO2S. The maximum absolute atomic E-state index is 12.9. The Labute approximate surface area is 139 Å². The predicted octanol–water partition coefficient (Wildman–Crippen LogP) is 3.96. The Morgan fingerprint density at radius 3 is 2.35 bits per heavy atom. The molecule has 3 nitrogen and oxygen atoms in total. The Morgan fingerprint density at radius 2 is 1.70 bits per heavy atom. The average molecular weight is 329 g/mol. The lowest BCUT2D eigenvalue weighted by molar-refractivity contribution is 0.431. The van der Waals surface area contributed by atoms with E-state index in [1.807, 2.05) is 19.1 Å². The van der Waals surface area contributed by atoms with Crippen LogP contribution in [-0.4, -0.2) is 12.7 Å². The minimum atomic E-state index is -3.43. The van der Waals surface area contributed by atoms with Crippen molar-refractivity contribution in [2.24, 2.45) is 0 Å². The molecule has 2 aromatic carbocycles. The Morgan fingerprint density at radius 1 is 1.00 bits per heavy atom. The highest BCUT2D eigenvalue weighted by Crippen LogP contribution is 2.32. The summed E-state index contributed by atoms with van der Waals surface area (Å²) in [5, 5.41) is 0. The van der Waals surface area contributed by atoms with Gasteiger partial charge in [-0.2, -0.15) is 4.31 Å². The van der Waals surface area contributed by atoms with Crippen LogP contribution in [0, 0.1) is 13.8 Å². The van der Waals surface area contributed by atoms with Crippen LogP contribution in [0.1, 0.15) is 41.2 Å². The van der Waals surface area contributed by atoms with Crippen LogP contribution in [0.5, 0.6) is 0 Å². The molecule has 1 heterocycles. The molecule has 1 aliphatic rings. The van der Waals surface area contributed by atoms with E-state index in [0.29, 0.717) is 18.0 Å². The molecule has 0 amide bonds. The molecule has 1 aliphatic heterocycles. The van der Waals surface area contributed by atoms with Gasteiger partial charge < -0.3 is 0 Å². The summed E-state index contributed by atoms with van der Waals surface area (Å²) in [5.74, 6) is 0. The molecule has 122 valence electrons. The second-order valence-electron chi connectivity index (χ2n) is 6.32. The number of fused-ring (bicyclic) bond motifs is 1. The van der Waals surface area contributed by atoms with E-state index < -0.39 is 10.0 Å². The maximum atomic E-state index is 12.9. The molecule has 0 atom stereocenters. The van der Waals surface area contributed by atoms with E-state index in [1.165, 1.54) is 16.7 Å². The molecule has 0 spiro atoms. The van der Waals surface area contributed by atoms with Gasteiger partial charge in [0.25, 0.3) is 0 Å². The van der Waals surface area contributed by atoms with Crippen molar-refractivity contribution in [1.29, 1.82) is 0 Å². The minimum Gasteiger partial charge on any atom is -0.207 e. The van der Waals surface area contributed by atoms with Crippen LogP contribution in [0.3, 0.4) is 0 Å². The maximum Gasteiger partial charge on any atom is 0.243 e. The third kappa shape index (κ3) is 2.93. The summed E-state index contributed by atoms with van der Waals surface area (Å²) in [6, 6.07) is 11.3. The van der Waals surface area contributed by atoms with Crippen LogP contribution in [0.2, 0.25) is 0 Å². The largest absolute Gasteiger partial charge is 0.243 e. The molecule has 0 bridgehead atoms. The molecule has 0 aromatic heterocycles. The van der Waals surface area contributed by atoms with Crippen molar-refractivity contribution < 1.29 is 8.42 Å². The molecule has 0 N–H and O–H groups in total. The van der Waals surface area contributed by atoms with E-state index in [1.54, 1.807) is 16.4 Å². The third-order valence-corrected chi connectivity index (χ3v) is 6.47. The van der Waals surface area contributed by atoms with Crippen LogP contribution in [0.15, 0.2) is 41.3 Å². The SMILES string of the molecule is CCCc1ccc2c(c1C)CN(S(=O)(=O)c1ccc(C)cc1)C2. The van der Waals surface area contributed by atoms with Gasteiger partial charge in [0.05, 0.1) is 4.90 Å². The van der Waals surface area contributed by atoms with Crippen LogP contribution >= 0.6 is 0 Å². The monoisotopic (exact) mass is 329 g/mol. The fraction of sp³-hybridized carbons (Fsp3) is 0.368. The van der Waals surface area contributed by atoms with Crippen molar-refractivity contribution >= 4 is 10.0 Å². The van der Waals surface area contributed by atoms with E-state index in [4.69, 9.17) is 0 Å². The lowest BCUT2D eigenvalue weighted by Gasteiger charge is -2.16. The first kappa shape index (κ1) is 16.2. The minimum absolute atomic E-state index is 0.377. The molecule has 3 rings (SSSR count). The third-order valence-electron chi connectivity index (χ3n) is 4.67. The first-order valence-electron chi connectivity index (χ1n) is 8.10. The van der Waals surface area contributed by atoms with E-state index in [9.17, 15) is 8.42 Å². The average Bonchev–Trinajstić information content (AvgIpc) is 2.96. The molecule has 0 unspecified atom stereocenters. The van der Waals surface area contributed by atoms with Gasteiger partial charge in [-0.15, -0.1) is 0 Å². The van der Waals surface area contributed by atoms with Crippen molar-refractivity contribution in [3.8, 4) is 0 Å². The van der Waals surface area contributed by atoms with Crippen molar-refractivity contribution in [2.45, 2.75) is 51.6 Å². The van der Waals surface area contributed by atoms with Crippen molar-refractivity contribution in [1.82, 2.24) is 4.31 Å². The van der Waals surface area contributed by atoms with Gasteiger partial charge in [-0.05, 0) is 54.7 Å². The zero-order chi connectivity index (χ0) is 16.6. The Hall–Kier alpha value is -1.65. The fourth-order valence-corrected chi connectivity index (χ4v) is 4.61. The predicted molar refractivity (Wildman–Crippen MR) is 92.8 cm³/mol. The van der Waals surface area contributed by atoms with Crippen LogP contribution in [0.25, 0.3) is 0 Å². The van der Waals surface area contributed by atoms with Crippen molar-refractivity contribution in [3.05, 3.63) is 64.2 Å². The van der Waals surface area contributed by atoms with Crippen LogP contribution < -0.4 is 0 Å². The van der Waals surface area contributed by atoms with Crippen molar-refractivity contribution in [3.63, 3.8) is 0 Å². The molecule has 0 aliphatic carbocycles. The highest BCUT2D eigenvalue weighted by molar-refractivity contribution is 7.89. The Kier molecular flexibility index (Phi) is 4.30. The quantitative estimate of drug-likeness (QED) is 0.851. The van der Waals surface area contributed by atoms with Gasteiger partial charge in [-0.1, -0.05) is 43.2 Å². The van der Waals surface area contributed by atoms with Crippen LogP contribution in [0.4, 0.5) is 0 Å². The van der Waals surface area contributed by atoms with Crippen molar-refractivity contribution in [2.75, 3.05) is 0 Å². The zero-order valence-electron chi connectivity index (χ0n) is 14.0. The van der Waals surface area contributed by atoms with Gasteiger partial charge in [0.15, 0.2) is 0 Å². The van der Waals surface area contributed by atoms with Gasteiger partial charge in [-0.3, -0.25) is 0 Å². The topological polar surface area (TPSA) is 37.4 Å². The summed E-state index contributed by atoms with van der Waals surface area (Å²) in [6.07, 6.45) is 2.15. The number of benzene rings is 2. The summed E-state index contributed by atoms with van der Waals surface area (Å²) in [4.78, 5) is 0.377. The molecule has 0 saturated carbocycles. The number of sulfonamides is 1. The molecule has 0 saturated heterocycles. The molecule has 4 heteroatoms. The van der Waals surface area contributed by atoms with Crippen LogP contribution in [-0.2, 0) is 29.5 Å². The molecule has 23 heavy (non-hydrogen) atoms. The lowest BCUT2D eigenvalue weighted by atomic mass is 9.96. The summed E-state index contributed by atoms with van der Waals surface area (Å²) >= 11 is 0. The smallest absolute Gasteiger partial charge is 0.207 e. The number of nitrogens with zero attached hydrogens (tertiary/aromatic N) is 1. The standard InChI is InChI=1S/C19H23NO2S/c1-4-5-16-8-9-17-12-20(13-19(17)15(16)3)23(21,22)18-10-6-14(2)7-11-18/h6-11H,4-5,12-13H2,1-3H3. The first-order chi connectivity index (χ1) is 10.9. The van der Waals surface area contributed by atoms with Gasteiger partial charge in [0, 0.05) is 13.1 Å². The number of rotatable bonds is 4. The van der Waals surface area contributed by atoms with E-state index in [-0.39, 0.29) is 0 Å². The summed E-state index contributed by atoms with van der Waals surface area (Å²) < 4.78 is 27.3. The summed E-state index contributed by atoms with van der Waals surface area (Å²) in [7, 11) is -3.43. The zero-order valence-corrected chi connectivity index (χ0v) is 14.8. The molecule has 0 fully saturated rings. The normalized spacial score (nSPS) is 14.9. The summed E-state index contributed by atoms with van der Waals surface area (Å²) in [5.41, 5.74) is 5.98.